The van der Waals surface area contributed by atoms with Crippen LogP contribution in [0.3, 0.4) is 0 Å². The summed E-state index contributed by atoms with van der Waals surface area (Å²) in [5, 5.41) is 5.91. The van der Waals surface area contributed by atoms with E-state index >= 15 is 0 Å². The summed E-state index contributed by atoms with van der Waals surface area (Å²) in [6.07, 6.45) is -0.543. The number of amides is 1. The second-order valence-corrected chi connectivity index (χ2v) is 5.07. The Labute approximate surface area is 138 Å². The van der Waals surface area contributed by atoms with Gasteiger partial charge in [0.1, 0.15) is 5.69 Å². The quantitative estimate of drug-likeness (QED) is 0.764. The lowest BCUT2D eigenvalue weighted by Gasteiger charge is -2.06. The lowest BCUT2D eigenvalue weighted by Crippen LogP contribution is -2.18. The summed E-state index contributed by atoms with van der Waals surface area (Å²) in [5.41, 5.74) is -0.643. The minimum Gasteiger partial charge on any atom is -0.366 e. The molecule has 9 heteroatoms. The summed E-state index contributed by atoms with van der Waals surface area (Å²) >= 11 is 0. The predicted molar refractivity (Wildman–Crippen MR) is 83.6 cm³/mol. The average Bonchev–Trinajstić information content (AvgIpc) is 3.07. The summed E-state index contributed by atoms with van der Waals surface area (Å²) in [6.45, 7) is 0. The Bertz CT molecular complexity index is 958. The number of H-pyrrole nitrogens is 1. The molecule has 3 rings (SSSR count). The molecule has 0 fully saturated rings. The molecule has 128 valence electrons. The van der Waals surface area contributed by atoms with Crippen molar-refractivity contribution in [3.05, 3.63) is 76.5 Å². The van der Waals surface area contributed by atoms with Crippen LogP contribution in [0.25, 0.3) is 5.69 Å². The van der Waals surface area contributed by atoms with Crippen LogP contribution in [0, 0.1) is 0 Å². The number of anilines is 1. The topological polar surface area (TPSA) is 79.8 Å². The van der Waals surface area contributed by atoms with Gasteiger partial charge in [0, 0.05) is 30.2 Å². The monoisotopic (exact) mass is 348 g/mol. The average molecular weight is 348 g/mol. The molecule has 0 aliphatic rings. The van der Waals surface area contributed by atoms with Crippen LogP contribution in [-0.2, 0) is 6.18 Å². The Morgan fingerprint density at radius 2 is 1.84 bits per heavy atom. The van der Waals surface area contributed by atoms with E-state index in [4.69, 9.17) is 0 Å². The molecule has 0 saturated heterocycles. The number of hydrogen-bond donors (Lipinski definition) is 2. The summed E-state index contributed by atoms with van der Waals surface area (Å²) in [5.74, 6) is -0.514. The molecule has 0 saturated carbocycles. The zero-order valence-electron chi connectivity index (χ0n) is 12.5. The fraction of sp³-hybridized carbons (Fsp3) is 0.0625. The van der Waals surface area contributed by atoms with Crippen molar-refractivity contribution >= 4 is 11.6 Å². The third kappa shape index (κ3) is 3.60. The third-order valence-electron chi connectivity index (χ3n) is 3.35. The molecule has 1 aromatic carbocycles. The molecule has 25 heavy (non-hydrogen) atoms. The zero-order chi connectivity index (χ0) is 18.0. The van der Waals surface area contributed by atoms with Crippen molar-refractivity contribution in [3.8, 4) is 5.69 Å². The number of carbonyl (C=O) groups excluding carboxylic acids is 1. The van der Waals surface area contributed by atoms with Gasteiger partial charge >= 0.3 is 6.18 Å². The van der Waals surface area contributed by atoms with Gasteiger partial charge < -0.3 is 10.3 Å². The Hall–Kier alpha value is -3.36. The molecular weight excluding hydrogens is 337 g/mol. The van der Waals surface area contributed by atoms with Gasteiger partial charge in [-0.3, -0.25) is 9.59 Å². The normalized spacial score (nSPS) is 11.3. The highest BCUT2D eigenvalue weighted by Gasteiger charge is 2.33. The number of hydrogen-bond acceptors (Lipinski definition) is 3. The van der Waals surface area contributed by atoms with Crippen molar-refractivity contribution in [1.29, 1.82) is 0 Å². The van der Waals surface area contributed by atoms with Gasteiger partial charge in [-0.05, 0) is 30.3 Å². The van der Waals surface area contributed by atoms with E-state index in [2.05, 4.69) is 15.4 Å². The molecule has 2 heterocycles. The van der Waals surface area contributed by atoms with E-state index < -0.39 is 17.8 Å². The Morgan fingerprint density at radius 1 is 1.12 bits per heavy atom. The van der Waals surface area contributed by atoms with Crippen molar-refractivity contribution in [2.24, 2.45) is 0 Å². The molecule has 0 unspecified atom stereocenters. The van der Waals surface area contributed by atoms with Crippen LogP contribution in [0.5, 0.6) is 0 Å². The van der Waals surface area contributed by atoms with Gasteiger partial charge in [-0.15, -0.1) is 0 Å². The first-order valence-corrected chi connectivity index (χ1v) is 7.06. The predicted octanol–water partition coefficient (Wildman–Crippen LogP) is 2.83. The van der Waals surface area contributed by atoms with Crippen LogP contribution in [0.15, 0.2) is 59.8 Å². The summed E-state index contributed by atoms with van der Waals surface area (Å²) in [4.78, 5) is 26.4. The first-order valence-electron chi connectivity index (χ1n) is 7.06. The van der Waals surface area contributed by atoms with Crippen LogP contribution in [0.1, 0.15) is 16.1 Å². The van der Waals surface area contributed by atoms with Gasteiger partial charge in [0.25, 0.3) is 5.91 Å². The number of benzene rings is 1. The van der Waals surface area contributed by atoms with E-state index in [0.29, 0.717) is 5.69 Å². The number of halogens is 3. The van der Waals surface area contributed by atoms with E-state index in [1.807, 2.05) is 0 Å². The number of nitrogens with one attached hydrogen (secondary N) is 2. The smallest absolute Gasteiger partial charge is 0.366 e. The van der Waals surface area contributed by atoms with Crippen molar-refractivity contribution in [3.63, 3.8) is 0 Å². The van der Waals surface area contributed by atoms with Crippen molar-refractivity contribution in [2.45, 2.75) is 6.18 Å². The molecule has 1 amide bonds. The Balaban J connectivity index is 1.78. The molecule has 0 atom stereocenters. The van der Waals surface area contributed by atoms with Crippen LogP contribution in [-0.4, -0.2) is 20.7 Å². The summed E-state index contributed by atoms with van der Waals surface area (Å²) in [6, 6.07) is 7.90. The first kappa shape index (κ1) is 16.5. The van der Waals surface area contributed by atoms with Crippen molar-refractivity contribution < 1.29 is 18.0 Å². The first-order chi connectivity index (χ1) is 11.8. The van der Waals surface area contributed by atoms with E-state index in [-0.39, 0.29) is 16.7 Å². The van der Waals surface area contributed by atoms with Crippen LogP contribution < -0.4 is 10.7 Å². The highest BCUT2D eigenvalue weighted by Crippen LogP contribution is 2.27. The maximum Gasteiger partial charge on any atom is 0.435 e. The van der Waals surface area contributed by atoms with Crippen molar-refractivity contribution in [2.75, 3.05) is 5.32 Å². The molecule has 3 aromatic rings. The molecule has 2 N–H and O–H groups in total. The molecule has 2 aromatic heterocycles. The summed E-state index contributed by atoms with van der Waals surface area (Å²) in [7, 11) is 0. The number of rotatable bonds is 3. The zero-order valence-corrected chi connectivity index (χ0v) is 12.5. The minimum atomic E-state index is -4.52. The fourth-order valence-corrected chi connectivity index (χ4v) is 2.09. The largest absolute Gasteiger partial charge is 0.435 e. The molecular formula is C16H11F3N4O2. The number of nitrogens with zero attached hydrogens (tertiary/aromatic N) is 2. The number of aromatic amines is 1. The van der Waals surface area contributed by atoms with Gasteiger partial charge in [-0.1, -0.05) is 0 Å². The van der Waals surface area contributed by atoms with Gasteiger partial charge in [0.05, 0.1) is 5.69 Å². The molecule has 0 bridgehead atoms. The van der Waals surface area contributed by atoms with Crippen LogP contribution in [0.4, 0.5) is 18.9 Å². The highest BCUT2D eigenvalue weighted by atomic mass is 19.4. The standard InChI is InChI=1S/C16H11F3N4O2/c17-16(18,19)14-6-8-23(22-14)11-3-1-10(2-4-11)15(25)21-12-9-20-7-5-13(12)24/h1-9H,(H,20,24)(H,21,25). The number of aromatic nitrogens is 3. The van der Waals surface area contributed by atoms with Gasteiger partial charge in [0.15, 0.2) is 5.69 Å². The second kappa shape index (κ2) is 6.27. The third-order valence-corrected chi connectivity index (χ3v) is 3.35. The molecule has 0 radical (unpaired) electrons. The van der Waals surface area contributed by atoms with Gasteiger partial charge in [-0.25, -0.2) is 4.68 Å². The Morgan fingerprint density at radius 3 is 2.44 bits per heavy atom. The van der Waals surface area contributed by atoms with Crippen molar-refractivity contribution in [1.82, 2.24) is 14.8 Å². The lowest BCUT2D eigenvalue weighted by atomic mass is 10.2. The fourth-order valence-electron chi connectivity index (χ4n) is 2.09. The maximum absolute atomic E-state index is 12.6. The lowest BCUT2D eigenvalue weighted by molar-refractivity contribution is -0.141. The SMILES string of the molecule is O=C(Nc1c[nH]ccc1=O)c1ccc(-n2ccc(C(F)(F)F)n2)cc1. The highest BCUT2D eigenvalue weighted by molar-refractivity contribution is 6.04. The molecule has 0 spiro atoms. The Kier molecular flexibility index (Phi) is 4.14. The maximum atomic E-state index is 12.6. The van der Waals surface area contributed by atoms with E-state index in [1.54, 1.807) is 0 Å². The van der Waals surface area contributed by atoms with Gasteiger partial charge in [-0.2, -0.15) is 18.3 Å². The molecule has 0 aliphatic heterocycles. The van der Waals surface area contributed by atoms with Crippen LogP contribution in [0.2, 0.25) is 0 Å². The number of pyridine rings is 1. The molecule has 0 aliphatic carbocycles. The second-order valence-electron chi connectivity index (χ2n) is 5.07. The van der Waals surface area contributed by atoms with E-state index in [1.165, 1.54) is 48.9 Å². The van der Waals surface area contributed by atoms with E-state index in [0.717, 1.165) is 10.7 Å². The van der Waals surface area contributed by atoms with Gasteiger partial charge in [0.2, 0.25) is 5.43 Å². The van der Waals surface area contributed by atoms with E-state index in [9.17, 15) is 22.8 Å². The minimum absolute atomic E-state index is 0.0958. The number of alkyl halides is 3. The number of carbonyl (C=O) groups is 1. The van der Waals surface area contributed by atoms with Crippen LogP contribution >= 0.6 is 0 Å². The molecule has 6 nitrogen and oxygen atoms in total. The summed E-state index contributed by atoms with van der Waals surface area (Å²) < 4.78 is 38.8.